The van der Waals surface area contributed by atoms with Gasteiger partial charge in [0.25, 0.3) is 5.91 Å². The minimum absolute atomic E-state index is 0.0277. The summed E-state index contributed by atoms with van der Waals surface area (Å²) in [7, 11) is 1.50. The molecular weight excluding hydrogens is 523 g/mol. The number of aromatic nitrogens is 1. The van der Waals surface area contributed by atoms with E-state index >= 15 is 0 Å². The molecule has 0 spiro atoms. The Hall–Kier alpha value is -3.36. The number of rotatable bonds is 10. The first-order chi connectivity index (χ1) is 18.7. The average Bonchev–Trinajstić information content (AvgIpc) is 3.74. The summed E-state index contributed by atoms with van der Waals surface area (Å²) < 4.78 is 30.8. The SMILES string of the molecule is COc1cc(C(=O)NCC(C)(c2cc3c(c(-c4ccc(F)c(Cl)c4)n2)OCC3C)C2CC2)ccc1OCCO. The van der Waals surface area contributed by atoms with Crippen LogP contribution in [0, 0.1) is 11.7 Å². The molecule has 5 rings (SSSR count). The largest absolute Gasteiger partial charge is 0.493 e. The molecule has 1 aliphatic heterocycles. The van der Waals surface area contributed by atoms with E-state index in [1.54, 1.807) is 30.3 Å². The van der Waals surface area contributed by atoms with Crippen LogP contribution in [0.2, 0.25) is 5.02 Å². The third kappa shape index (κ3) is 5.40. The number of fused-ring (bicyclic) bond motifs is 1. The number of carbonyl (C=O) groups is 1. The smallest absolute Gasteiger partial charge is 0.251 e. The van der Waals surface area contributed by atoms with Crippen molar-refractivity contribution < 1.29 is 28.5 Å². The summed E-state index contributed by atoms with van der Waals surface area (Å²) in [5, 5.41) is 12.2. The van der Waals surface area contributed by atoms with Crippen LogP contribution < -0.4 is 19.5 Å². The van der Waals surface area contributed by atoms with Crippen LogP contribution in [0.1, 0.15) is 54.2 Å². The summed E-state index contributed by atoms with van der Waals surface area (Å²) in [6.07, 6.45) is 2.08. The van der Waals surface area contributed by atoms with Gasteiger partial charge in [0.15, 0.2) is 11.5 Å². The van der Waals surface area contributed by atoms with Crippen LogP contribution in [0.4, 0.5) is 4.39 Å². The monoisotopic (exact) mass is 554 g/mol. The molecule has 2 unspecified atom stereocenters. The lowest BCUT2D eigenvalue weighted by molar-refractivity contribution is 0.0941. The average molecular weight is 555 g/mol. The Kier molecular flexibility index (Phi) is 7.69. The highest BCUT2D eigenvalue weighted by Gasteiger charge is 2.45. The molecule has 1 fully saturated rings. The predicted octanol–water partition coefficient (Wildman–Crippen LogP) is 5.51. The summed E-state index contributed by atoms with van der Waals surface area (Å²) in [5.41, 5.74) is 3.24. The molecule has 206 valence electrons. The number of nitrogens with one attached hydrogen (secondary N) is 1. The lowest BCUT2D eigenvalue weighted by Gasteiger charge is -2.31. The molecule has 7 nitrogen and oxygen atoms in total. The van der Waals surface area contributed by atoms with Gasteiger partial charge in [0.05, 0.1) is 25.3 Å². The number of aliphatic hydroxyl groups is 1. The molecule has 2 aliphatic rings. The molecule has 2 heterocycles. The van der Waals surface area contributed by atoms with E-state index in [-0.39, 0.29) is 30.1 Å². The van der Waals surface area contributed by atoms with E-state index < -0.39 is 11.2 Å². The number of methoxy groups -OCH3 is 1. The maximum atomic E-state index is 13.9. The molecule has 2 aromatic carbocycles. The van der Waals surface area contributed by atoms with Gasteiger partial charge in [-0.3, -0.25) is 4.79 Å². The second-order valence-electron chi connectivity index (χ2n) is 10.4. The van der Waals surface area contributed by atoms with Crippen molar-refractivity contribution in [3.8, 4) is 28.5 Å². The number of pyridine rings is 1. The Morgan fingerprint density at radius 3 is 2.72 bits per heavy atom. The number of halogens is 2. The molecular formula is C30H32ClFN2O5. The Morgan fingerprint density at radius 2 is 2.03 bits per heavy atom. The van der Waals surface area contributed by atoms with Crippen LogP contribution in [0.3, 0.4) is 0 Å². The molecule has 9 heteroatoms. The van der Waals surface area contributed by atoms with Crippen LogP contribution in [-0.4, -0.2) is 49.5 Å². The molecule has 2 atom stereocenters. The summed E-state index contributed by atoms with van der Waals surface area (Å²) in [6.45, 7) is 5.17. The van der Waals surface area contributed by atoms with E-state index in [4.69, 9.17) is 35.9 Å². The number of carbonyl (C=O) groups excluding carboxylic acids is 1. The van der Waals surface area contributed by atoms with Crippen molar-refractivity contribution in [3.63, 3.8) is 0 Å². The van der Waals surface area contributed by atoms with Crippen molar-refractivity contribution in [2.24, 2.45) is 5.92 Å². The van der Waals surface area contributed by atoms with E-state index in [0.717, 1.165) is 24.1 Å². The highest BCUT2D eigenvalue weighted by Crippen LogP contribution is 2.50. The van der Waals surface area contributed by atoms with Crippen molar-refractivity contribution in [2.45, 2.75) is 38.0 Å². The van der Waals surface area contributed by atoms with Gasteiger partial charge in [-0.1, -0.05) is 25.4 Å². The lowest BCUT2D eigenvalue weighted by Crippen LogP contribution is -2.41. The lowest BCUT2D eigenvalue weighted by atomic mass is 9.79. The minimum Gasteiger partial charge on any atom is -0.493 e. The topological polar surface area (TPSA) is 89.9 Å². The molecule has 0 saturated heterocycles. The highest BCUT2D eigenvalue weighted by molar-refractivity contribution is 6.31. The van der Waals surface area contributed by atoms with Gasteiger partial charge in [-0.2, -0.15) is 0 Å². The first-order valence-corrected chi connectivity index (χ1v) is 13.5. The van der Waals surface area contributed by atoms with Gasteiger partial charge in [-0.05, 0) is 61.2 Å². The predicted molar refractivity (Wildman–Crippen MR) is 147 cm³/mol. The van der Waals surface area contributed by atoms with Gasteiger partial charge >= 0.3 is 0 Å². The summed E-state index contributed by atoms with van der Waals surface area (Å²) >= 11 is 6.11. The second kappa shape index (κ2) is 11.0. The Bertz CT molecular complexity index is 1400. The first-order valence-electron chi connectivity index (χ1n) is 13.1. The third-order valence-electron chi connectivity index (χ3n) is 7.66. The van der Waals surface area contributed by atoms with E-state index in [9.17, 15) is 9.18 Å². The Balaban J connectivity index is 1.45. The molecule has 0 radical (unpaired) electrons. The van der Waals surface area contributed by atoms with Gasteiger partial charge in [-0.15, -0.1) is 0 Å². The van der Waals surface area contributed by atoms with E-state index in [2.05, 4.69) is 25.2 Å². The minimum atomic E-state index is -0.488. The van der Waals surface area contributed by atoms with Crippen LogP contribution in [0.15, 0.2) is 42.5 Å². The zero-order valence-electron chi connectivity index (χ0n) is 22.2. The van der Waals surface area contributed by atoms with Crippen molar-refractivity contribution in [1.29, 1.82) is 0 Å². The molecule has 1 aliphatic carbocycles. The normalized spacial score (nSPS) is 17.6. The van der Waals surface area contributed by atoms with Crippen LogP contribution in [0.25, 0.3) is 11.3 Å². The van der Waals surface area contributed by atoms with Crippen molar-refractivity contribution in [3.05, 3.63) is 70.1 Å². The first kappa shape index (κ1) is 27.2. The van der Waals surface area contributed by atoms with Crippen molar-refractivity contribution in [2.75, 3.05) is 33.5 Å². The number of benzene rings is 2. The number of aliphatic hydroxyl groups excluding tert-OH is 1. The van der Waals surface area contributed by atoms with Crippen LogP contribution in [0.5, 0.6) is 17.2 Å². The summed E-state index contributed by atoms with van der Waals surface area (Å²) in [4.78, 5) is 18.3. The van der Waals surface area contributed by atoms with Crippen LogP contribution >= 0.6 is 11.6 Å². The maximum Gasteiger partial charge on any atom is 0.251 e. The Labute approximate surface area is 232 Å². The molecule has 3 aromatic rings. The molecule has 39 heavy (non-hydrogen) atoms. The van der Waals surface area contributed by atoms with Gasteiger partial charge < -0.3 is 24.6 Å². The number of amides is 1. The molecule has 1 amide bonds. The van der Waals surface area contributed by atoms with E-state index in [1.807, 2.05) is 0 Å². The zero-order chi connectivity index (χ0) is 27.7. The fraction of sp³-hybridized carbons (Fsp3) is 0.400. The Morgan fingerprint density at radius 1 is 1.23 bits per heavy atom. The van der Waals surface area contributed by atoms with E-state index in [1.165, 1.54) is 13.2 Å². The van der Waals surface area contributed by atoms with Gasteiger partial charge in [0, 0.05) is 40.3 Å². The fourth-order valence-electron chi connectivity index (χ4n) is 5.11. The summed E-state index contributed by atoms with van der Waals surface area (Å²) in [5.74, 6) is 1.38. The van der Waals surface area contributed by atoms with Crippen LogP contribution in [-0.2, 0) is 5.41 Å². The third-order valence-corrected chi connectivity index (χ3v) is 7.95. The number of hydrogen-bond donors (Lipinski definition) is 2. The van der Waals surface area contributed by atoms with Gasteiger partial charge in [0.2, 0.25) is 0 Å². The van der Waals surface area contributed by atoms with Crippen molar-refractivity contribution in [1.82, 2.24) is 10.3 Å². The van der Waals surface area contributed by atoms with Gasteiger partial charge in [-0.25, -0.2) is 9.37 Å². The highest BCUT2D eigenvalue weighted by atomic mass is 35.5. The number of ether oxygens (including phenoxy) is 3. The molecule has 2 N–H and O–H groups in total. The fourth-order valence-corrected chi connectivity index (χ4v) is 5.30. The molecule has 1 aromatic heterocycles. The van der Waals surface area contributed by atoms with Gasteiger partial charge in [0.1, 0.15) is 23.9 Å². The maximum absolute atomic E-state index is 13.9. The van der Waals surface area contributed by atoms with Crippen molar-refractivity contribution >= 4 is 17.5 Å². The second-order valence-corrected chi connectivity index (χ2v) is 10.8. The standard InChI is InChI=1S/C30H32ClFN2O5/c1-17-15-39-28-21(17)14-26(34-27(28)18-4-8-23(32)22(31)12-18)30(2,20-6-7-20)16-33-29(36)19-5-9-24(38-11-10-35)25(13-19)37-3/h4-5,8-9,12-14,17,20,35H,6-7,10-11,15-16H2,1-3H3,(H,33,36). The number of nitrogens with zero attached hydrogens (tertiary/aromatic N) is 1. The molecule has 1 saturated carbocycles. The molecule has 0 bridgehead atoms. The summed E-state index contributed by atoms with van der Waals surface area (Å²) in [6, 6.07) is 11.6. The zero-order valence-corrected chi connectivity index (χ0v) is 23.0. The quantitative estimate of drug-likeness (QED) is 0.343. The van der Waals surface area contributed by atoms with E-state index in [0.29, 0.717) is 53.1 Å². The number of hydrogen-bond acceptors (Lipinski definition) is 6.